The molecule has 1 aliphatic rings. The molecule has 3 N–H and O–H groups in total. The summed E-state index contributed by atoms with van der Waals surface area (Å²) in [5.41, 5.74) is 2.58. The number of likely N-dealkylation sites (tertiary alicyclic amines) is 1. The van der Waals surface area contributed by atoms with Crippen LogP contribution in [0.15, 0.2) is 91.0 Å². The second-order valence-electron chi connectivity index (χ2n) is 14.6. The second kappa shape index (κ2) is 21.6. The summed E-state index contributed by atoms with van der Waals surface area (Å²) < 4.78 is 15.4. The fraction of sp³-hybridized carbons (Fsp3) is 0.465. The van der Waals surface area contributed by atoms with Crippen LogP contribution in [0.4, 0.5) is 9.59 Å². The van der Waals surface area contributed by atoms with E-state index in [2.05, 4.69) is 15.4 Å². The smallest absolute Gasteiger partial charge is 0.410 e. The van der Waals surface area contributed by atoms with Gasteiger partial charge in [-0.15, -0.1) is 0 Å². The summed E-state index contributed by atoms with van der Waals surface area (Å²) in [7, 11) is 2.90. The van der Waals surface area contributed by atoms with Crippen molar-refractivity contribution in [2.24, 2.45) is 11.8 Å². The monoisotopic (exact) mass is 772 g/mol. The number of methoxy groups -OCH3 is 1. The average molecular weight is 773 g/mol. The zero-order valence-corrected chi connectivity index (χ0v) is 33.0. The highest BCUT2D eigenvalue weighted by Crippen LogP contribution is 2.22. The molecule has 0 bridgehead atoms. The van der Waals surface area contributed by atoms with E-state index in [1.807, 2.05) is 105 Å². The summed E-state index contributed by atoms with van der Waals surface area (Å²) in [6, 6.07) is 26.3. The van der Waals surface area contributed by atoms with Crippen molar-refractivity contribution in [2.45, 2.75) is 89.8 Å². The highest BCUT2D eigenvalue weighted by Gasteiger charge is 2.36. The van der Waals surface area contributed by atoms with Crippen LogP contribution in [-0.4, -0.2) is 102 Å². The van der Waals surface area contributed by atoms with E-state index in [9.17, 15) is 29.1 Å². The first-order valence-corrected chi connectivity index (χ1v) is 19.2. The first kappa shape index (κ1) is 43.3. The van der Waals surface area contributed by atoms with Crippen molar-refractivity contribution in [2.75, 3.05) is 27.2 Å². The predicted octanol–water partition coefficient (Wildman–Crippen LogP) is 4.90. The van der Waals surface area contributed by atoms with Gasteiger partial charge in [0.05, 0.1) is 19.3 Å². The minimum atomic E-state index is -1.22. The normalized spacial score (nSPS) is 15.7. The van der Waals surface area contributed by atoms with E-state index in [4.69, 9.17) is 9.47 Å². The van der Waals surface area contributed by atoms with Crippen molar-refractivity contribution in [3.8, 4) is 0 Å². The van der Waals surface area contributed by atoms with Crippen LogP contribution >= 0.6 is 0 Å². The van der Waals surface area contributed by atoms with Crippen molar-refractivity contribution in [1.29, 1.82) is 0 Å². The van der Waals surface area contributed by atoms with Crippen LogP contribution in [0.2, 0.25) is 0 Å². The molecular formula is C43H56N4O9. The van der Waals surface area contributed by atoms with Crippen molar-refractivity contribution in [3.05, 3.63) is 108 Å². The molecule has 0 aromatic heterocycles. The Kier molecular flexibility index (Phi) is 16.7. The maximum Gasteiger partial charge on any atom is 0.410 e. The number of aliphatic hydroxyl groups is 1. The molecule has 0 saturated carbocycles. The van der Waals surface area contributed by atoms with E-state index in [0.29, 0.717) is 25.9 Å². The molecule has 1 aliphatic heterocycles. The standard InChI is InChI=1S/C43H56N4O9/c1-29(2)38(40(50)47-23-21-35(22-24-47)46(4)43(53)55-28-33-19-13-8-14-20-33)45-39(49)34(25-31-15-9-6-10-16-31)27-37(48)36(26-32-17-11-7-12-18-32)44-42(52)56-30(3)41(51)54-5/h6-20,29-30,34-38,48H,21-28H2,1-5H3,(H,44,52)(H,45,49)/t30-,34?,36+,37+,38+/m1/s1. The van der Waals surface area contributed by atoms with Crippen LogP contribution < -0.4 is 10.6 Å². The molecule has 3 aromatic carbocycles. The summed E-state index contributed by atoms with van der Waals surface area (Å²) >= 11 is 0. The van der Waals surface area contributed by atoms with Gasteiger partial charge in [-0.3, -0.25) is 9.59 Å². The van der Waals surface area contributed by atoms with Crippen LogP contribution in [-0.2, 0) is 48.0 Å². The Hall–Kier alpha value is -5.43. The Labute approximate surface area is 329 Å². The number of carbonyl (C=O) groups excluding carboxylic acids is 5. The number of aliphatic hydroxyl groups excluding tert-OH is 1. The number of hydrogen-bond acceptors (Lipinski definition) is 9. The Bertz CT molecular complexity index is 1700. The molecule has 0 aliphatic carbocycles. The summed E-state index contributed by atoms with van der Waals surface area (Å²) in [6.45, 7) is 6.10. The van der Waals surface area contributed by atoms with Crippen molar-refractivity contribution in [3.63, 3.8) is 0 Å². The highest BCUT2D eigenvalue weighted by atomic mass is 16.6. The lowest BCUT2D eigenvalue weighted by Gasteiger charge is -2.38. The third-order valence-electron chi connectivity index (χ3n) is 10.2. The lowest BCUT2D eigenvalue weighted by molar-refractivity contribution is -0.149. The number of alkyl carbamates (subject to hydrolysis) is 1. The number of rotatable bonds is 17. The molecule has 5 atom stereocenters. The summed E-state index contributed by atoms with van der Waals surface area (Å²) in [4.78, 5) is 69.1. The average Bonchev–Trinajstić information content (AvgIpc) is 3.21. The Morgan fingerprint density at radius 2 is 1.34 bits per heavy atom. The molecule has 1 unspecified atom stereocenters. The molecule has 13 heteroatoms. The maximum atomic E-state index is 14.2. The zero-order valence-electron chi connectivity index (χ0n) is 33.0. The van der Waals surface area contributed by atoms with Crippen LogP contribution in [0.1, 0.15) is 56.7 Å². The Morgan fingerprint density at radius 3 is 1.88 bits per heavy atom. The summed E-state index contributed by atoms with van der Waals surface area (Å²) in [5, 5.41) is 17.4. The minimum absolute atomic E-state index is 0.0534. The molecule has 302 valence electrons. The van der Waals surface area contributed by atoms with Crippen LogP contribution in [0.3, 0.4) is 0 Å². The molecular weight excluding hydrogens is 716 g/mol. The number of hydrogen-bond donors (Lipinski definition) is 3. The molecule has 4 rings (SSSR count). The number of esters is 1. The van der Waals surface area contributed by atoms with Gasteiger partial charge in [0.2, 0.25) is 11.8 Å². The number of amides is 4. The molecule has 0 spiro atoms. The molecule has 13 nitrogen and oxygen atoms in total. The van der Waals surface area contributed by atoms with E-state index in [-0.39, 0.29) is 43.7 Å². The third kappa shape index (κ3) is 13.1. The Morgan fingerprint density at radius 1 is 0.804 bits per heavy atom. The van der Waals surface area contributed by atoms with Crippen LogP contribution in [0.5, 0.6) is 0 Å². The summed E-state index contributed by atoms with van der Waals surface area (Å²) in [6.07, 6.45) is -2.20. The molecule has 1 saturated heterocycles. The highest BCUT2D eigenvalue weighted by molar-refractivity contribution is 5.89. The number of nitrogens with zero attached hydrogens (tertiary/aromatic N) is 2. The van der Waals surface area contributed by atoms with Gasteiger partial charge < -0.3 is 39.8 Å². The van der Waals surface area contributed by atoms with Gasteiger partial charge in [-0.05, 0) is 61.6 Å². The number of piperidine rings is 1. The fourth-order valence-electron chi connectivity index (χ4n) is 6.77. The van der Waals surface area contributed by atoms with E-state index in [1.165, 1.54) is 14.0 Å². The lowest BCUT2D eigenvalue weighted by atomic mass is 9.88. The number of ether oxygens (including phenoxy) is 3. The number of benzene rings is 3. The van der Waals surface area contributed by atoms with Gasteiger partial charge in [-0.25, -0.2) is 14.4 Å². The quantitative estimate of drug-likeness (QED) is 0.128. The SMILES string of the molecule is COC(=O)[C@@H](C)OC(=O)N[C@@H](Cc1ccccc1)[C@@H](O)CC(Cc1ccccc1)C(=O)N[C@H](C(=O)N1CCC(N(C)C(=O)OCc2ccccc2)CC1)C(C)C. The minimum Gasteiger partial charge on any atom is -0.466 e. The van der Waals surface area contributed by atoms with Gasteiger partial charge in [0.15, 0.2) is 6.10 Å². The summed E-state index contributed by atoms with van der Waals surface area (Å²) in [5.74, 6) is -2.39. The van der Waals surface area contributed by atoms with Crippen LogP contribution in [0, 0.1) is 11.8 Å². The topological polar surface area (TPSA) is 164 Å². The first-order chi connectivity index (χ1) is 26.9. The molecule has 4 amide bonds. The van der Waals surface area contributed by atoms with Gasteiger partial charge >= 0.3 is 18.2 Å². The lowest BCUT2D eigenvalue weighted by Crippen LogP contribution is -2.56. The molecule has 56 heavy (non-hydrogen) atoms. The fourth-order valence-corrected chi connectivity index (χ4v) is 6.77. The van der Waals surface area contributed by atoms with E-state index in [0.717, 1.165) is 16.7 Å². The third-order valence-corrected chi connectivity index (χ3v) is 10.2. The molecule has 0 radical (unpaired) electrons. The van der Waals surface area contributed by atoms with Crippen molar-refractivity contribution >= 4 is 30.0 Å². The van der Waals surface area contributed by atoms with E-state index < -0.39 is 54.3 Å². The molecule has 1 heterocycles. The van der Waals surface area contributed by atoms with Gasteiger partial charge in [0.25, 0.3) is 0 Å². The molecule has 3 aromatic rings. The maximum absolute atomic E-state index is 14.2. The van der Waals surface area contributed by atoms with Gasteiger partial charge in [-0.1, -0.05) is 105 Å². The van der Waals surface area contributed by atoms with E-state index in [1.54, 1.807) is 16.8 Å². The number of carbonyl (C=O) groups is 5. The molecule has 1 fully saturated rings. The zero-order chi connectivity index (χ0) is 40.6. The first-order valence-electron chi connectivity index (χ1n) is 19.2. The second-order valence-corrected chi connectivity index (χ2v) is 14.6. The van der Waals surface area contributed by atoms with Gasteiger partial charge in [0, 0.05) is 32.1 Å². The van der Waals surface area contributed by atoms with E-state index >= 15 is 0 Å². The largest absolute Gasteiger partial charge is 0.466 e. The van der Waals surface area contributed by atoms with Gasteiger partial charge in [-0.2, -0.15) is 0 Å². The Balaban J connectivity index is 1.44. The van der Waals surface area contributed by atoms with Crippen LogP contribution in [0.25, 0.3) is 0 Å². The van der Waals surface area contributed by atoms with Gasteiger partial charge in [0.1, 0.15) is 12.6 Å². The van der Waals surface area contributed by atoms with Crippen molar-refractivity contribution in [1.82, 2.24) is 20.4 Å². The number of nitrogens with one attached hydrogen (secondary N) is 2. The van der Waals surface area contributed by atoms with Crippen molar-refractivity contribution < 1.29 is 43.3 Å². The predicted molar refractivity (Wildman–Crippen MR) is 210 cm³/mol.